The second-order valence-electron chi connectivity index (χ2n) is 2.53. The van der Waals surface area contributed by atoms with E-state index in [0.717, 1.165) is 32.4 Å². The lowest BCUT2D eigenvalue weighted by Crippen LogP contribution is -2.38. The van der Waals surface area contributed by atoms with E-state index in [1.165, 1.54) is 0 Å². The minimum atomic E-state index is 0.195. The fraction of sp³-hybridized carbons (Fsp3) is 1.00. The van der Waals surface area contributed by atoms with Gasteiger partial charge in [-0.3, -0.25) is 5.32 Å². The van der Waals surface area contributed by atoms with Gasteiger partial charge in [0.25, 0.3) is 0 Å². The van der Waals surface area contributed by atoms with Crippen molar-refractivity contribution < 1.29 is 9.84 Å². The molecule has 3 nitrogen and oxygen atoms in total. The maximum atomic E-state index is 8.51. The Hall–Kier alpha value is -0.120. The predicted octanol–water partition coefficient (Wildman–Crippen LogP) is 0.0949. The Kier molecular flexibility index (Phi) is 3.72. The maximum absolute atomic E-state index is 8.51. The second-order valence-corrected chi connectivity index (χ2v) is 2.53. The van der Waals surface area contributed by atoms with Gasteiger partial charge in [0, 0.05) is 13.2 Å². The van der Waals surface area contributed by atoms with Gasteiger partial charge in [-0.15, -0.1) is 0 Å². The first-order valence-corrected chi connectivity index (χ1v) is 3.89. The molecule has 1 rings (SSSR count). The molecule has 0 spiro atoms. The summed E-state index contributed by atoms with van der Waals surface area (Å²) in [5.41, 5.74) is 0. The molecule has 60 valence electrons. The number of aliphatic hydroxyl groups is 1. The number of hydrogen-bond acceptors (Lipinski definition) is 3. The van der Waals surface area contributed by atoms with Crippen LogP contribution in [-0.4, -0.2) is 31.1 Å². The molecule has 0 radical (unpaired) electrons. The van der Waals surface area contributed by atoms with Gasteiger partial charge < -0.3 is 9.84 Å². The van der Waals surface area contributed by atoms with Crippen LogP contribution in [0.2, 0.25) is 0 Å². The van der Waals surface area contributed by atoms with E-state index >= 15 is 0 Å². The molecule has 0 aromatic rings. The molecule has 0 amide bonds. The Bertz CT molecular complexity index is 81.7. The van der Waals surface area contributed by atoms with E-state index in [-0.39, 0.29) is 12.8 Å². The average molecular weight is 145 g/mol. The Morgan fingerprint density at radius 1 is 1.60 bits per heavy atom. The van der Waals surface area contributed by atoms with Crippen LogP contribution in [0.1, 0.15) is 19.3 Å². The van der Waals surface area contributed by atoms with E-state index in [2.05, 4.69) is 5.32 Å². The molecule has 0 aromatic carbocycles. The summed E-state index contributed by atoms with van der Waals surface area (Å²) in [6.45, 7) is 2.18. The van der Waals surface area contributed by atoms with Gasteiger partial charge in [0.2, 0.25) is 0 Å². The third-order valence-electron chi connectivity index (χ3n) is 1.64. The zero-order valence-electron chi connectivity index (χ0n) is 6.18. The predicted molar refractivity (Wildman–Crippen MR) is 38.7 cm³/mol. The van der Waals surface area contributed by atoms with Crippen molar-refractivity contribution in [2.24, 2.45) is 0 Å². The van der Waals surface area contributed by atoms with Crippen molar-refractivity contribution in [1.82, 2.24) is 5.32 Å². The van der Waals surface area contributed by atoms with Crippen molar-refractivity contribution >= 4 is 0 Å². The topological polar surface area (TPSA) is 41.5 Å². The minimum absolute atomic E-state index is 0.195. The van der Waals surface area contributed by atoms with Gasteiger partial charge in [-0.2, -0.15) is 0 Å². The van der Waals surface area contributed by atoms with E-state index in [4.69, 9.17) is 9.84 Å². The lowest BCUT2D eigenvalue weighted by Gasteiger charge is -2.23. The summed E-state index contributed by atoms with van der Waals surface area (Å²) in [6, 6.07) is 0. The fourth-order valence-corrected chi connectivity index (χ4v) is 1.08. The highest BCUT2D eigenvalue weighted by molar-refractivity contribution is 4.60. The van der Waals surface area contributed by atoms with Crippen LogP contribution in [-0.2, 0) is 4.74 Å². The first kappa shape index (κ1) is 7.98. The lowest BCUT2D eigenvalue weighted by atomic mass is 10.2. The van der Waals surface area contributed by atoms with Gasteiger partial charge in [-0.05, 0) is 25.8 Å². The van der Waals surface area contributed by atoms with Crippen molar-refractivity contribution in [2.75, 3.05) is 19.8 Å². The molecule has 10 heavy (non-hydrogen) atoms. The van der Waals surface area contributed by atoms with Crippen LogP contribution in [0.15, 0.2) is 0 Å². The van der Waals surface area contributed by atoms with Gasteiger partial charge in [0.15, 0.2) is 0 Å². The van der Waals surface area contributed by atoms with Gasteiger partial charge >= 0.3 is 0 Å². The Balaban J connectivity index is 2.02. The number of rotatable bonds is 3. The van der Waals surface area contributed by atoms with Crippen molar-refractivity contribution in [1.29, 1.82) is 0 Å². The van der Waals surface area contributed by atoms with Crippen LogP contribution >= 0.6 is 0 Å². The zero-order valence-corrected chi connectivity index (χ0v) is 6.18. The summed E-state index contributed by atoms with van der Waals surface area (Å²) in [6.07, 6.45) is 3.06. The van der Waals surface area contributed by atoms with Crippen LogP contribution in [0, 0.1) is 0 Å². The highest BCUT2D eigenvalue weighted by Crippen LogP contribution is 2.03. The van der Waals surface area contributed by atoms with Crippen molar-refractivity contribution in [3.05, 3.63) is 0 Å². The molecule has 1 saturated heterocycles. The Labute approximate surface area is 61.4 Å². The third kappa shape index (κ3) is 2.64. The van der Waals surface area contributed by atoms with Crippen LogP contribution in [0.5, 0.6) is 0 Å². The van der Waals surface area contributed by atoms with E-state index < -0.39 is 0 Å². The molecule has 1 fully saturated rings. The second kappa shape index (κ2) is 4.66. The zero-order chi connectivity index (χ0) is 7.23. The van der Waals surface area contributed by atoms with Crippen LogP contribution in [0.4, 0.5) is 0 Å². The molecule has 0 bridgehead atoms. The van der Waals surface area contributed by atoms with Crippen LogP contribution in [0.25, 0.3) is 0 Å². The first-order valence-electron chi connectivity index (χ1n) is 3.89. The summed E-state index contributed by atoms with van der Waals surface area (Å²) in [7, 11) is 0. The highest BCUT2D eigenvalue weighted by atomic mass is 16.5. The van der Waals surface area contributed by atoms with E-state index in [0.29, 0.717) is 0 Å². The SMILES string of the molecule is OCCCC1NCCCO1. The fourth-order valence-electron chi connectivity index (χ4n) is 1.08. The number of hydrogen-bond donors (Lipinski definition) is 2. The molecule has 3 heteroatoms. The maximum Gasteiger partial charge on any atom is 0.108 e. The number of ether oxygens (including phenoxy) is 1. The summed E-state index contributed by atoms with van der Waals surface area (Å²) in [5.74, 6) is 0. The summed E-state index contributed by atoms with van der Waals surface area (Å²) >= 11 is 0. The number of aliphatic hydroxyl groups excluding tert-OH is 1. The van der Waals surface area contributed by atoms with E-state index in [1.54, 1.807) is 0 Å². The quantitative estimate of drug-likeness (QED) is 0.591. The van der Waals surface area contributed by atoms with Crippen LogP contribution < -0.4 is 5.32 Å². The Morgan fingerprint density at radius 2 is 2.50 bits per heavy atom. The molecule has 0 saturated carbocycles. The highest BCUT2D eigenvalue weighted by Gasteiger charge is 2.10. The summed E-state index contributed by atoms with van der Waals surface area (Å²) in [4.78, 5) is 0. The van der Waals surface area contributed by atoms with Gasteiger partial charge in [0.05, 0.1) is 0 Å². The van der Waals surface area contributed by atoms with Crippen molar-refractivity contribution in [3.8, 4) is 0 Å². The van der Waals surface area contributed by atoms with Gasteiger partial charge in [-0.1, -0.05) is 0 Å². The van der Waals surface area contributed by atoms with Gasteiger partial charge in [0.1, 0.15) is 6.23 Å². The largest absolute Gasteiger partial charge is 0.396 e. The van der Waals surface area contributed by atoms with Crippen LogP contribution in [0.3, 0.4) is 0 Å². The molecular weight excluding hydrogens is 130 g/mol. The molecule has 1 heterocycles. The monoisotopic (exact) mass is 145 g/mol. The molecule has 2 N–H and O–H groups in total. The van der Waals surface area contributed by atoms with Gasteiger partial charge in [-0.25, -0.2) is 0 Å². The Morgan fingerprint density at radius 3 is 3.10 bits per heavy atom. The molecular formula is C7H15NO2. The standard InChI is InChI=1S/C7H15NO2/c9-5-1-3-7-8-4-2-6-10-7/h7-9H,1-6H2. The molecule has 1 aliphatic rings. The molecule has 1 unspecified atom stereocenters. The molecule has 1 atom stereocenters. The smallest absolute Gasteiger partial charge is 0.108 e. The molecule has 0 aliphatic carbocycles. The molecule has 0 aromatic heterocycles. The van der Waals surface area contributed by atoms with E-state index in [9.17, 15) is 0 Å². The minimum Gasteiger partial charge on any atom is -0.396 e. The van der Waals surface area contributed by atoms with E-state index in [1.807, 2.05) is 0 Å². The third-order valence-corrected chi connectivity index (χ3v) is 1.64. The van der Waals surface area contributed by atoms with Crippen molar-refractivity contribution in [3.63, 3.8) is 0 Å². The summed E-state index contributed by atoms with van der Waals surface area (Å²) < 4.78 is 5.36. The average Bonchev–Trinajstić information content (AvgIpc) is 2.03. The first-order chi connectivity index (χ1) is 4.93. The lowest BCUT2D eigenvalue weighted by molar-refractivity contribution is -0.00696. The number of nitrogens with one attached hydrogen (secondary N) is 1. The normalized spacial score (nSPS) is 26.7. The summed E-state index contributed by atoms with van der Waals surface area (Å²) in [5, 5.41) is 11.7. The molecule has 1 aliphatic heterocycles. The van der Waals surface area contributed by atoms with Crippen molar-refractivity contribution in [2.45, 2.75) is 25.5 Å².